The number of H-pyrrole nitrogens is 1. The van der Waals surface area contributed by atoms with Crippen LogP contribution < -0.4 is 5.32 Å². The number of aromatic amines is 1. The third-order valence-corrected chi connectivity index (χ3v) is 7.49. The molecule has 1 aromatic carbocycles. The van der Waals surface area contributed by atoms with Crippen molar-refractivity contribution in [3.05, 3.63) is 60.7 Å². The maximum absolute atomic E-state index is 12.8. The Morgan fingerprint density at radius 3 is 2.90 bits per heavy atom. The minimum atomic E-state index is -3.44. The van der Waals surface area contributed by atoms with Crippen LogP contribution in [-0.4, -0.2) is 35.2 Å². The molecule has 3 aromatic heterocycles. The number of anilines is 1. The molecule has 9 heteroatoms. The summed E-state index contributed by atoms with van der Waals surface area (Å²) in [7, 11) is -3.44. The van der Waals surface area contributed by atoms with E-state index >= 15 is 0 Å². The van der Waals surface area contributed by atoms with Crippen LogP contribution in [0.3, 0.4) is 0 Å². The Hall–Kier alpha value is -3.64. The summed E-state index contributed by atoms with van der Waals surface area (Å²) in [5.41, 5.74) is 2.75. The SMILES string of the molecule is N#Cc1cccc(S(=O)(=O)CC2CC(Nc3c(-c4ncco4)cnc4[nH]ccc34)C2)c1. The van der Waals surface area contributed by atoms with Crippen molar-refractivity contribution in [1.29, 1.82) is 5.26 Å². The number of hydrogen-bond acceptors (Lipinski definition) is 7. The number of fused-ring (bicyclic) bond motifs is 1. The molecule has 4 aromatic rings. The Kier molecular flexibility index (Phi) is 4.71. The fraction of sp³-hybridized carbons (Fsp3) is 0.227. The summed E-state index contributed by atoms with van der Waals surface area (Å²) in [4.78, 5) is 12.0. The Balaban J connectivity index is 1.31. The Bertz CT molecular complexity index is 1380. The summed E-state index contributed by atoms with van der Waals surface area (Å²) in [6.45, 7) is 0. The summed E-state index contributed by atoms with van der Waals surface area (Å²) >= 11 is 0. The molecule has 1 saturated carbocycles. The second-order valence-corrected chi connectivity index (χ2v) is 9.76. The Morgan fingerprint density at radius 2 is 2.13 bits per heavy atom. The second kappa shape index (κ2) is 7.56. The first-order chi connectivity index (χ1) is 15.0. The van der Waals surface area contributed by atoms with Gasteiger partial charge in [-0.1, -0.05) is 6.07 Å². The van der Waals surface area contributed by atoms with E-state index in [4.69, 9.17) is 9.68 Å². The zero-order valence-corrected chi connectivity index (χ0v) is 17.3. The van der Waals surface area contributed by atoms with Gasteiger partial charge >= 0.3 is 0 Å². The largest absolute Gasteiger partial charge is 0.444 e. The molecule has 0 bridgehead atoms. The Morgan fingerprint density at radius 1 is 1.26 bits per heavy atom. The number of pyridine rings is 1. The highest BCUT2D eigenvalue weighted by Gasteiger charge is 2.34. The van der Waals surface area contributed by atoms with Crippen LogP contribution in [0.15, 0.2) is 64.5 Å². The van der Waals surface area contributed by atoms with Gasteiger partial charge in [0.2, 0.25) is 5.89 Å². The minimum Gasteiger partial charge on any atom is -0.444 e. The second-order valence-electron chi connectivity index (χ2n) is 7.72. The van der Waals surface area contributed by atoms with Crippen molar-refractivity contribution in [2.24, 2.45) is 5.92 Å². The molecule has 3 heterocycles. The Labute approximate surface area is 178 Å². The number of sulfone groups is 1. The molecule has 0 saturated heterocycles. The van der Waals surface area contributed by atoms with E-state index in [9.17, 15) is 8.42 Å². The summed E-state index contributed by atoms with van der Waals surface area (Å²) in [6.07, 6.45) is 8.12. The van der Waals surface area contributed by atoms with E-state index in [1.54, 1.807) is 30.6 Å². The van der Waals surface area contributed by atoms with Crippen molar-refractivity contribution in [3.63, 3.8) is 0 Å². The van der Waals surface area contributed by atoms with Crippen LogP contribution in [0, 0.1) is 17.2 Å². The smallest absolute Gasteiger partial charge is 0.229 e. The quantitative estimate of drug-likeness (QED) is 0.474. The molecule has 1 aliphatic rings. The average molecular weight is 433 g/mol. The van der Waals surface area contributed by atoms with Gasteiger partial charge in [0.15, 0.2) is 9.84 Å². The molecule has 0 atom stereocenters. The van der Waals surface area contributed by atoms with Crippen LogP contribution >= 0.6 is 0 Å². The average Bonchev–Trinajstić information content (AvgIpc) is 3.44. The first-order valence-corrected chi connectivity index (χ1v) is 11.5. The lowest BCUT2D eigenvalue weighted by Gasteiger charge is -2.36. The predicted octanol–water partition coefficient (Wildman–Crippen LogP) is 3.75. The molecule has 1 fully saturated rings. The fourth-order valence-corrected chi connectivity index (χ4v) is 5.72. The summed E-state index contributed by atoms with van der Waals surface area (Å²) in [5, 5.41) is 13.5. The van der Waals surface area contributed by atoms with Gasteiger partial charge in [-0.2, -0.15) is 5.26 Å². The molecule has 5 rings (SSSR count). The van der Waals surface area contributed by atoms with Gasteiger partial charge in [-0.3, -0.25) is 0 Å². The molecule has 0 radical (unpaired) electrons. The van der Waals surface area contributed by atoms with Crippen molar-refractivity contribution in [2.75, 3.05) is 11.1 Å². The van der Waals surface area contributed by atoms with Gasteiger partial charge in [-0.05, 0) is 43.0 Å². The number of oxazole rings is 1. The third kappa shape index (κ3) is 3.66. The van der Waals surface area contributed by atoms with Crippen molar-refractivity contribution in [3.8, 4) is 17.5 Å². The summed E-state index contributed by atoms with van der Waals surface area (Å²) < 4.78 is 31.0. The van der Waals surface area contributed by atoms with Crippen molar-refractivity contribution < 1.29 is 12.8 Å². The lowest BCUT2D eigenvalue weighted by atomic mass is 9.81. The standard InChI is InChI=1S/C22H19N5O3S/c23-11-14-2-1-3-17(10-14)31(28,29)13-15-8-16(9-15)27-20-18-4-5-24-21(18)26-12-19(20)22-25-6-7-30-22/h1-7,10,12,15-16H,8-9,13H2,(H2,24,26,27). The number of nitriles is 1. The van der Waals surface area contributed by atoms with Crippen LogP contribution in [0.5, 0.6) is 0 Å². The normalized spacial score (nSPS) is 18.4. The van der Waals surface area contributed by atoms with E-state index in [0.29, 0.717) is 11.5 Å². The molecule has 156 valence electrons. The zero-order chi connectivity index (χ0) is 21.4. The van der Waals surface area contributed by atoms with E-state index in [1.165, 1.54) is 12.3 Å². The molecular formula is C22H19N5O3S. The molecule has 1 aliphatic carbocycles. The highest BCUT2D eigenvalue weighted by Crippen LogP contribution is 2.38. The summed E-state index contributed by atoms with van der Waals surface area (Å²) in [6, 6.07) is 10.3. The highest BCUT2D eigenvalue weighted by atomic mass is 32.2. The fourth-order valence-electron chi connectivity index (χ4n) is 4.04. The monoisotopic (exact) mass is 433 g/mol. The number of aromatic nitrogens is 3. The lowest BCUT2D eigenvalue weighted by Crippen LogP contribution is -2.39. The van der Waals surface area contributed by atoms with Gasteiger partial charge in [0.1, 0.15) is 11.9 Å². The van der Waals surface area contributed by atoms with Crippen LogP contribution in [0.1, 0.15) is 18.4 Å². The number of hydrogen-bond donors (Lipinski definition) is 2. The van der Waals surface area contributed by atoms with Gasteiger partial charge in [0.25, 0.3) is 0 Å². The lowest BCUT2D eigenvalue weighted by molar-refractivity contribution is 0.311. The van der Waals surface area contributed by atoms with Crippen LogP contribution in [0.25, 0.3) is 22.5 Å². The first kappa shape index (κ1) is 19.3. The molecular weight excluding hydrogens is 414 g/mol. The van der Waals surface area contributed by atoms with E-state index in [0.717, 1.165) is 35.1 Å². The molecule has 31 heavy (non-hydrogen) atoms. The van der Waals surface area contributed by atoms with Crippen LogP contribution in [0.4, 0.5) is 5.69 Å². The topological polar surface area (TPSA) is 125 Å². The van der Waals surface area contributed by atoms with Crippen LogP contribution in [-0.2, 0) is 9.84 Å². The van der Waals surface area contributed by atoms with E-state index < -0.39 is 9.84 Å². The molecule has 0 spiro atoms. The van der Waals surface area contributed by atoms with E-state index in [-0.39, 0.29) is 22.6 Å². The predicted molar refractivity (Wildman–Crippen MR) is 115 cm³/mol. The molecule has 0 amide bonds. The number of rotatable bonds is 6. The highest BCUT2D eigenvalue weighted by molar-refractivity contribution is 7.91. The van der Waals surface area contributed by atoms with Crippen LogP contribution in [0.2, 0.25) is 0 Å². The first-order valence-electron chi connectivity index (χ1n) is 9.89. The summed E-state index contributed by atoms with van der Waals surface area (Å²) in [5.74, 6) is 0.610. The van der Waals surface area contributed by atoms with Crippen molar-refractivity contribution >= 4 is 26.6 Å². The van der Waals surface area contributed by atoms with Crippen molar-refractivity contribution in [2.45, 2.75) is 23.8 Å². The van der Waals surface area contributed by atoms with Gasteiger partial charge in [-0.15, -0.1) is 0 Å². The molecule has 8 nitrogen and oxygen atoms in total. The van der Waals surface area contributed by atoms with Gasteiger partial charge in [0.05, 0.1) is 39.7 Å². The maximum Gasteiger partial charge on any atom is 0.229 e. The van der Waals surface area contributed by atoms with Gasteiger partial charge in [0, 0.05) is 23.8 Å². The maximum atomic E-state index is 12.8. The van der Waals surface area contributed by atoms with E-state index in [2.05, 4.69) is 20.3 Å². The number of benzene rings is 1. The minimum absolute atomic E-state index is 0.0574. The number of nitrogens with zero attached hydrogens (tertiary/aromatic N) is 3. The number of nitrogens with one attached hydrogen (secondary N) is 2. The zero-order valence-electron chi connectivity index (χ0n) is 16.4. The molecule has 2 N–H and O–H groups in total. The third-order valence-electron chi connectivity index (χ3n) is 5.61. The van der Waals surface area contributed by atoms with Gasteiger partial charge < -0.3 is 14.7 Å². The van der Waals surface area contributed by atoms with Gasteiger partial charge in [-0.25, -0.2) is 18.4 Å². The molecule has 0 unspecified atom stereocenters. The van der Waals surface area contributed by atoms with Crippen molar-refractivity contribution in [1.82, 2.24) is 15.0 Å². The molecule has 0 aliphatic heterocycles. The van der Waals surface area contributed by atoms with E-state index in [1.807, 2.05) is 18.3 Å².